The topological polar surface area (TPSA) is 63.0 Å². The van der Waals surface area contributed by atoms with Gasteiger partial charge >= 0.3 is 0 Å². The van der Waals surface area contributed by atoms with Crippen LogP contribution in [0.2, 0.25) is 0 Å². The quantitative estimate of drug-likeness (QED) is 0.619. The second-order valence-electron chi connectivity index (χ2n) is 4.63. The van der Waals surface area contributed by atoms with Crippen molar-refractivity contribution in [2.75, 3.05) is 19.8 Å². The molecule has 0 aromatic rings. The van der Waals surface area contributed by atoms with E-state index in [1.54, 1.807) is 0 Å². The van der Waals surface area contributed by atoms with Crippen LogP contribution in [0.5, 0.6) is 0 Å². The van der Waals surface area contributed by atoms with Crippen LogP contribution >= 0.6 is 0 Å². The number of epoxide rings is 1. The molecular formula is C10H19N3O2. The molecule has 0 amide bonds. The van der Waals surface area contributed by atoms with Gasteiger partial charge in [0.05, 0.1) is 25.0 Å². The van der Waals surface area contributed by atoms with E-state index in [1.807, 2.05) is 17.3 Å². The molecule has 86 valence electrons. The second-order valence-corrected chi connectivity index (χ2v) is 4.63. The maximum atomic E-state index is 5.85. The van der Waals surface area contributed by atoms with Gasteiger partial charge in [0, 0.05) is 12.7 Å². The minimum Gasteiger partial charge on any atom is -0.371 e. The minimum absolute atomic E-state index is 0.0648. The van der Waals surface area contributed by atoms with E-state index in [2.05, 4.69) is 19.3 Å². The van der Waals surface area contributed by atoms with Crippen molar-refractivity contribution in [2.45, 2.75) is 31.7 Å². The van der Waals surface area contributed by atoms with Gasteiger partial charge in [0.25, 0.3) is 0 Å². The molecule has 1 unspecified atom stereocenters. The van der Waals surface area contributed by atoms with Gasteiger partial charge in [-0.2, -0.15) is 0 Å². The SMILES string of the molecule is CC(C)(CN1NC=CC1N)OC[C@H]1CO1. The van der Waals surface area contributed by atoms with Gasteiger partial charge in [0.15, 0.2) is 0 Å². The molecule has 5 heteroatoms. The van der Waals surface area contributed by atoms with E-state index in [0.717, 1.165) is 13.2 Å². The van der Waals surface area contributed by atoms with Crippen LogP contribution in [-0.4, -0.2) is 42.6 Å². The summed E-state index contributed by atoms with van der Waals surface area (Å²) < 4.78 is 10.9. The maximum absolute atomic E-state index is 5.85. The molecule has 1 fully saturated rings. The Balaban J connectivity index is 1.75. The molecule has 2 atom stereocenters. The molecular weight excluding hydrogens is 194 g/mol. The highest BCUT2D eigenvalue weighted by Gasteiger charge is 2.30. The van der Waals surface area contributed by atoms with Gasteiger partial charge < -0.3 is 20.6 Å². The molecule has 5 nitrogen and oxygen atoms in total. The molecule has 2 aliphatic rings. The van der Waals surface area contributed by atoms with Crippen molar-refractivity contribution in [3.05, 3.63) is 12.3 Å². The van der Waals surface area contributed by atoms with E-state index in [9.17, 15) is 0 Å². The third kappa shape index (κ3) is 3.17. The molecule has 0 spiro atoms. The van der Waals surface area contributed by atoms with Gasteiger partial charge in [0.1, 0.15) is 6.10 Å². The van der Waals surface area contributed by atoms with Crippen molar-refractivity contribution in [3.8, 4) is 0 Å². The average molecular weight is 213 g/mol. The average Bonchev–Trinajstić information content (AvgIpc) is 2.90. The van der Waals surface area contributed by atoms with E-state index in [1.165, 1.54) is 0 Å². The first kappa shape index (κ1) is 10.9. The van der Waals surface area contributed by atoms with Crippen LogP contribution in [0.15, 0.2) is 12.3 Å². The van der Waals surface area contributed by atoms with Gasteiger partial charge in [0.2, 0.25) is 0 Å². The highest BCUT2D eigenvalue weighted by Crippen LogP contribution is 2.17. The number of nitrogens with two attached hydrogens (primary N) is 1. The van der Waals surface area contributed by atoms with E-state index in [4.69, 9.17) is 15.2 Å². The molecule has 3 N–H and O–H groups in total. The Morgan fingerprint density at radius 2 is 2.40 bits per heavy atom. The fourth-order valence-electron chi connectivity index (χ4n) is 1.52. The van der Waals surface area contributed by atoms with Gasteiger partial charge in [-0.1, -0.05) is 0 Å². The molecule has 0 radical (unpaired) electrons. The van der Waals surface area contributed by atoms with E-state index < -0.39 is 0 Å². The smallest absolute Gasteiger partial charge is 0.104 e. The molecule has 0 saturated carbocycles. The highest BCUT2D eigenvalue weighted by molar-refractivity contribution is 4.97. The molecule has 2 rings (SSSR count). The summed E-state index contributed by atoms with van der Waals surface area (Å²) in [5, 5.41) is 1.95. The molecule has 15 heavy (non-hydrogen) atoms. The van der Waals surface area contributed by atoms with Crippen LogP contribution in [0, 0.1) is 0 Å². The van der Waals surface area contributed by atoms with E-state index in [0.29, 0.717) is 12.7 Å². The molecule has 2 heterocycles. The van der Waals surface area contributed by atoms with E-state index >= 15 is 0 Å². The number of hydrogen-bond donors (Lipinski definition) is 2. The van der Waals surface area contributed by atoms with Gasteiger partial charge in [-0.15, -0.1) is 0 Å². The van der Waals surface area contributed by atoms with Crippen LogP contribution in [-0.2, 0) is 9.47 Å². The number of nitrogens with zero attached hydrogens (tertiary/aromatic N) is 1. The number of hydrazine groups is 1. The molecule has 0 aromatic carbocycles. The van der Waals surface area contributed by atoms with Gasteiger partial charge in [-0.3, -0.25) is 0 Å². The van der Waals surface area contributed by atoms with Crippen LogP contribution in [0.4, 0.5) is 0 Å². The zero-order valence-electron chi connectivity index (χ0n) is 9.27. The summed E-state index contributed by atoms with van der Waals surface area (Å²) >= 11 is 0. The van der Waals surface area contributed by atoms with Crippen molar-refractivity contribution < 1.29 is 9.47 Å². The normalized spacial score (nSPS) is 30.6. The number of ether oxygens (including phenoxy) is 2. The lowest BCUT2D eigenvalue weighted by Crippen LogP contribution is -2.50. The Labute approximate surface area is 90.2 Å². The Hall–Kier alpha value is -0.620. The standard InChI is InChI=1S/C10H19N3O2/c1-10(2,15-6-8-5-14-8)7-13-9(11)3-4-12-13/h3-4,8-9,12H,5-7,11H2,1-2H3/t8-,9?/m1/s1. The predicted molar refractivity (Wildman–Crippen MR) is 56.7 cm³/mol. The van der Waals surface area contributed by atoms with Crippen molar-refractivity contribution in [1.82, 2.24) is 10.4 Å². The molecule has 2 aliphatic heterocycles. The molecule has 0 aliphatic carbocycles. The Morgan fingerprint density at radius 3 is 2.93 bits per heavy atom. The van der Waals surface area contributed by atoms with E-state index in [-0.39, 0.29) is 11.8 Å². The summed E-state index contributed by atoms with van der Waals surface area (Å²) in [5.74, 6) is 0. The largest absolute Gasteiger partial charge is 0.371 e. The zero-order valence-corrected chi connectivity index (χ0v) is 9.27. The lowest BCUT2D eigenvalue weighted by molar-refractivity contribution is -0.0542. The lowest BCUT2D eigenvalue weighted by Gasteiger charge is -2.32. The third-order valence-corrected chi connectivity index (χ3v) is 2.51. The zero-order chi connectivity index (χ0) is 10.9. The number of nitrogens with one attached hydrogen (secondary N) is 1. The lowest BCUT2D eigenvalue weighted by atomic mass is 10.1. The summed E-state index contributed by atoms with van der Waals surface area (Å²) in [5.41, 5.74) is 8.71. The first-order valence-corrected chi connectivity index (χ1v) is 5.27. The van der Waals surface area contributed by atoms with Crippen molar-refractivity contribution >= 4 is 0 Å². The monoisotopic (exact) mass is 213 g/mol. The van der Waals surface area contributed by atoms with Crippen molar-refractivity contribution in [2.24, 2.45) is 5.73 Å². The third-order valence-electron chi connectivity index (χ3n) is 2.51. The summed E-state index contributed by atoms with van der Waals surface area (Å²) in [6, 6.07) is 0. The van der Waals surface area contributed by atoms with Crippen LogP contribution in [0.1, 0.15) is 13.8 Å². The summed E-state index contributed by atoms with van der Waals surface area (Å²) in [6.45, 7) is 6.36. The Bertz CT molecular complexity index is 251. The van der Waals surface area contributed by atoms with Gasteiger partial charge in [-0.05, 0) is 19.9 Å². The summed E-state index contributed by atoms with van der Waals surface area (Å²) in [4.78, 5) is 0. The number of hydrogen-bond acceptors (Lipinski definition) is 5. The summed E-state index contributed by atoms with van der Waals surface area (Å²) in [6.07, 6.45) is 4.01. The predicted octanol–water partition coefficient (Wildman–Crippen LogP) is -0.201. The van der Waals surface area contributed by atoms with Crippen molar-refractivity contribution in [3.63, 3.8) is 0 Å². The second kappa shape index (κ2) is 4.09. The molecule has 1 saturated heterocycles. The van der Waals surface area contributed by atoms with Crippen LogP contribution in [0.3, 0.4) is 0 Å². The first-order chi connectivity index (χ1) is 7.07. The molecule has 0 aromatic heterocycles. The van der Waals surface area contributed by atoms with Crippen LogP contribution in [0.25, 0.3) is 0 Å². The minimum atomic E-state index is -0.220. The Kier molecular flexibility index (Phi) is 2.97. The van der Waals surface area contributed by atoms with Gasteiger partial charge in [-0.25, -0.2) is 5.01 Å². The highest BCUT2D eigenvalue weighted by atomic mass is 16.6. The fraction of sp³-hybridized carbons (Fsp3) is 0.800. The first-order valence-electron chi connectivity index (χ1n) is 5.27. The summed E-state index contributed by atoms with van der Waals surface area (Å²) in [7, 11) is 0. The maximum Gasteiger partial charge on any atom is 0.104 e. The van der Waals surface area contributed by atoms with Crippen LogP contribution < -0.4 is 11.2 Å². The van der Waals surface area contributed by atoms with Crippen molar-refractivity contribution in [1.29, 1.82) is 0 Å². The number of rotatable bonds is 5. The fourth-order valence-corrected chi connectivity index (χ4v) is 1.52. The Morgan fingerprint density at radius 1 is 1.67 bits per heavy atom. The molecule has 0 bridgehead atoms.